The van der Waals surface area contributed by atoms with Crippen molar-refractivity contribution in [1.29, 1.82) is 0 Å². The SMILES string of the molecule is COC(=Cc1c(F)cc(C(=O)Nc2nc(-c3cccc(COCC(C)(C)C)c3OC)cs2)cc1F)C(=O)O. The monoisotopic (exact) mass is 546 g/mol. The fourth-order valence-electron chi connectivity index (χ4n) is 3.42. The lowest BCUT2D eigenvalue weighted by atomic mass is 9.99. The molecule has 8 nitrogen and oxygen atoms in total. The van der Waals surface area contributed by atoms with E-state index in [0.717, 1.165) is 36.1 Å². The highest BCUT2D eigenvalue weighted by molar-refractivity contribution is 7.14. The minimum absolute atomic E-state index is 0.0149. The summed E-state index contributed by atoms with van der Waals surface area (Å²) in [4.78, 5) is 28.2. The maximum absolute atomic E-state index is 14.5. The first-order chi connectivity index (χ1) is 17.9. The second-order valence-corrected chi connectivity index (χ2v) is 10.3. The maximum Gasteiger partial charge on any atom is 0.371 e. The molecule has 0 saturated heterocycles. The van der Waals surface area contributed by atoms with Crippen LogP contribution in [0.1, 0.15) is 42.3 Å². The van der Waals surface area contributed by atoms with E-state index in [1.54, 1.807) is 12.5 Å². The fraction of sp³-hybridized carbons (Fsp3) is 0.296. The van der Waals surface area contributed by atoms with Crippen molar-refractivity contribution in [1.82, 2.24) is 4.98 Å². The number of thiazole rings is 1. The Morgan fingerprint density at radius 1 is 1.16 bits per heavy atom. The molecule has 2 N–H and O–H groups in total. The van der Waals surface area contributed by atoms with Gasteiger partial charge in [-0.25, -0.2) is 18.6 Å². The van der Waals surface area contributed by atoms with Gasteiger partial charge in [0.25, 0.3) is 5.91 Å². The molecule has 0 aliphatic heterocycles. The Labute approximate surface area is 222 Å². The van der Waals surface area contributed by atoms with Crippen LogP contribution in [0.4, 0.5) is 13.9 Å². The van der Waals surface area contributed by atoms with E-state index in [9.17, 15) is 18.4 Å². The van der Waals surface area contributed by atoms with E-state index in [0.29, 0.717) is 36.3 Å². The number of aliphatic carboxylic acids is 1. The number of benzene rings is 2. The summed E-state index contributed by atoms with van der Waals surface area (Å²) >= 11 is 1.13. The molecule has 0 aliphatic carbocycles. The normalized spacial score (nSPS) is 11.8. The Hall–Kier alpha value is -3.83. The highest BCUT2D eigenvalue weighted by atomic mass is 32.1. The number of nitrogens with one attached hydrogen (secondary N) is 1. The standard InChI is InChI=1S/C27H28F2N2O6S/c1-27(2,3)14-37-12-15-7-6-8-17(23(15)36-5)21-13-38-26(30-21)31-24(32)16-9-19(28)18(20(29)10-16)11-22(35-4)25(33)34/h6-11,13H,12,14H2,1-5H3,(H,33,34)(H,30,31,32). The molecule has 1 amide bonds. The molecule has 202 valence electrons. The van der Waals surface area contributed by atoms with Gasteiger partial charge >= 0.3 is 5.97 Å². The predicted octanol–water partition coefficient (Wildman–Crippen LogP) is 5.98. The van der Waals surface area contributed by atoms with Crippen molar-refractivity contribution in [2.75, 3.05) is 26.1 Å². The number of rotatable bonds is 10. The molecular weight excluding hydrogens is 518 g/mol. The number of carboxylic acids is 1. The molecule has 0 bridgehead atoms. The third-order valence-corrected chi connectivity index (χ3v) is 5.90. The molecular formula is C27H28F2N2O6S. The number of amides is 1. The van der Waals surface area contributed by atoms with Crippen molar-refractivity contribution in [2.45, 2.75) is 27.4 Å². The summed E-state index contributed by atoms with van der Waals surface area (Å²) in [7, 11) is 2.61. The van der Waals surface area contributed by atoms with E-state index in [1.807, 2.05) is 18.2 Å². The van der Waals surface area contributed by atoms with Crippen molar-refractivity contribution >= 4 is 34.4 Å². The van der Waals surface area contributed by atoms with Gasteiger partial charge in [0.2, 0.25) is 5.76 Å². The zero-order chi connectivity index (χ0) is 28.0. The molecule has 0 atom stereocenters. The Balaban J connectivity index is 1.80. The second kappa shape index (κ2) is 12.1. The molecule has 0 radical (unpaired) electrons. The Kier molecular flexibility index (Phi) is 9.18. The zero-order valence-corrected chi connectivity index (χ0v) is 22.4. The number of halogens is 2. The quantitative estimate of drug-likeness (QED) is 0.238. The van der Waals surface area contributed by atoms with E-state index in [4.69, 9.17) is 14.6 Å². The molecule has 1 heterocycles. The fourth-order valence-corrected chi connectivity index (χ4v) is 4.13. The maximum atomic E-state index is 14.5. The molecule has 2 aromatic carbocycles. The topological polar surface area (TPSA) is 107 Å². The predicted molar refractivity (Wildman–Crippen MR) is 140 cm³/mol. The highest BCUT2D eigenvalue weighted by Crippen LogP contribution is 2.35. The number of hydrogen-bond acceptors (Lipinski definition) is 7. The van der Waals surface area contributed by atoms with Gasteiger partial charge in [0.15, 0.2) is 5.13 Å². The molecule has 38 heavy (non-hydrogen) atoms. The molecule has 11 heteroatoms. The van der Waals surface area contributed by atoms with Gasteiger partial charge in [0.1, 0.15) is 17.4 Å². The van der Waals surface area contributed by atoms with Crippen molar-refractivity contribution in [3.63, 3.8) is 0 Å². The number of carbonyl (C=O) groups excluding carboxylic acids is 1. The molecule has 0 spiro atoms. The number of methoxy groups -OCH3 is 2. The highest BCUT2D eigenvalue weighted by Gasteiger charge is 2.19. The number of carboxylic acid groups (broad SMARTS) is 1. The van der Waals surface area contributed by atoms with Crippen LogP contribution in [0, 0.1) is 17.0 Å². The van der Waals surface area contributed by atoms with Crippen LogP contribution in [-0.2, 0) is 20.9 Å². The van der Waals surface area contributed by atoms with Crippen LogP contribution in [0.25, 0.3) is 17.3 Å². The minimum Gasteiger partial charge on any atom is -0.496 e. The smallest absolute Gasteiger partial charge is 0.371 e. The second-order valence-electron chi connectivity index (χ2n) is 9.41. The van der Waals surface area contributed by atoms with Gasteiger partial charge in [-0.15, -0.1) is 11.3 Å². The number of aromatic nitrogens is 1. The van der Waals surface area contributed by atoms with E-state index in [1.165, 1.54) is 0 Å². The van der Waals surface area contributed by atoms with Crippen LogP contribution in [-0.4, -0.2) is 42.8 Å². The summed E-state index contributed by atoms with van der Waals surface area (Å²) in [5, 5.41) is 13.5. The van der Waals surface area contributed by atoms with Crippen molar-refractivity contribution in [3.05, 3.63) is 69.8 Å². The summed E-state index contributed by atoms with van der Waals surface area (Å²) in [6, 6.07) is 7.19. The van der Waals surface area contributed by atoms with Crippen LogP contribution < -0.4 is 10.1 Å². The number of ether oxygens (including phenoxy) is 3. The van der Waals surface area contributed by atoms with E-state index in [-0.39, 0.29) is 16.1 Å². The van der Waals surface area contributed by atoms with E-state index >= 15 is 0 Å². The Morgan fingerprint density at radius 2 is 1.84 bits per heavy atom. The number of nitrogens with zero attached hydrogens (tertiary/aromatic N) is 1. The third kappa shape index (κ3) is 7.14. The molecule has 3 rings (SSSR count). The van der Waals surface area contributed by atoms with Gasteiger partial charge in [-0.2, -0.15) is 0 Å². The van der Waals surface area contributed by atoms with E-state index in [2.05, 4.69) is 35.8 Å². The summed E-state index contributed by atoms with van der Waals surface area (Å²) in [6.07, 6.45) is 0.706. The van der Waals surface area contributed by atoms with Gasteiger partial charge < -0.3 is 19.3 Å². The van der Waals surface area contributed by atoms with E-state index < -0.39 is 34.8 Å². The molecule has 3 aromatic rings. The molecule has 0 unspecified atom stereocenters. The first kappa shape index (κ1) is 28.7. The number of anilines is 1. The third-order valence-electron chi connectivity index (χ3n) is 5.14. The van der Waals surface area contributed by atoms with Gasteiger partial charge in [0, 0.05) is 33.7 Å². The van der Waals surface area contributed by atoms with Crippen LogP contribution in [0.15, 0.2) is 41.5 Å². The molecule has 0 saturated carbocycles. The van der Waals surface area contributed by atoms with Crippen LogP contribution in [0.2, 0.25) is 0 Å². The van der Waals surface area contributed by atoms with Crippen LogP contribution in [0.5, 0.6) is 5.75 Å². The lowest BCUT2D eigenvalue weighted by molar-refractivity contribution is -0.135. The lowest BCUT2D eigenvalue weighted by Crippen LogP contribution is -2.14. The summed E-state index contributed by atoms with van der Waals surface area (Å²) in [5.41, 5.74) is 1.14. The zero-order valence-electron chi connectivity index (χ0n) is 21.6. The molecule has 0 fully saturated rings. The summed E-state index contributed by atoms with van der Waals surface area (Å²) < 4.78 is 45.1. The first-order valence-electron chi connectivity index (χ1n) is 11.4. The Morgan fingerprint density at radius 3 is 2.42 bits per heavy atom. The largest absolute Gasteiger partial charge is 0.496 e. The number of para-hydroxylation sites is 1. The van der Waals surface area contributed by atoms with Gasteiger partial charge in [0.05, 0.1) is 33.1 Å². The summed E-state index contributed by atoms with van der Waals surface area (Å²) in [5.74, 6) is -4.60. The lowest BCUT2D eigenvalue weighted by Gasteiger charge is -2.19. The van der Waals surface area contributed by atoms with Crippen molar-refractivity contribution < 1.29 is 37.7 Å². The van der Waals surface area contributed by atoms with Gasteiger partial charge in [-0.1, -0.05) is 32.9 Å². The van der Waals surface area contributed by atoms with Gasteiger partial charge in [-0.3, -0.25) is 10.1 Å². The first-order valence-corrected chi connectivity index (χ1v) is 12.3. The molecule has 0 aliphatic rings. The average Bonchev–Trinajstić information content (AvgIpc) is 3.30. The van der Waals surface area contributed by atoms with Crippen molar-refractivity contribution in [3.8, 4) is 17.0 Å². The van der Waals surface area contributed by atoms with Crippen molar-refractivity contribution in [2.24, 2.45) is 5.41 Å². The molecule has 1 aromatic heterocycles. The number of hydrogen-bond donors (Lipinski definition) is 2. The number of carbonyl (C=O) groups is 2. The average molecular weight is 547 g/mol. The summed E-state index contributed by atoms with van der Waals surface area (Å²) in [6.45, 7) is 7.16. The Bertz CT molecular complexity index is 1340. The van der Waals surface area contributed by atoms with Crippen LogP contribution in [0.3, 0.4) is 0 Å². The van der Waals surface area contributed by atoms with Crippen LogP contribution >= 0.6 is 11.3 Å². The van der Waals surface area contributed by atoms with Gasteiger partial charge in [-0.05, 0) is 23.6 Å². The minimum atomic E-state index is -1.49.